The molecule has 2 heterocycles. The molecular formula is C16H15IrN2S-. The van der Waals surface area contributed by atoms with E-state index in [0.29, 0.717) is 0 Å². The molecule has 3 aromatic rings. The van der Waals surface area contributed by atoms with Gasteiger partial charge in [0.05, 0.1) is 0 Å². The summed E-state index contributed by atoms with van der Waals surface area (Å²) in [6, 6.07) is 16.0. The molecule has 1 aromatic carbocycles. The number of benzene rings is 1. The summed E-state index contributed by atoms with van der Waals surface area (Å²) in [6.45, 7) is 2.20. The normalized spacial score (nSPS) is 10.2. The summed E-state index contributed by atoms with van der Waals surface area (Å²) in [5.74, 6) is 0. The second kappa shape index (κ2) is 6.98. The van der Waals surface area contributed by atoms with Gasteiger partial charge in [-0.3, -0.25) is 4.68 Å². The molecule has 0 aliphatic rings. The van der Waals surface area contributed by atoms with E-state index in [1.54, 1.807) is 17.5 Å². The van der Waals surface area contributed by atoms with Crippen molar-refractivity contribution in [3.63, 3.8) is 0 Å². The van der Waals surface area contributed by atoms with E-state index < -0.39 is 0 Å². The van der Waals surface area contributed by atoms with Gasteiger partial charge in [-0.25, -0.2) is 17.4 Å². The first kappa shape index (κ1) is 15.2. The van der Waals surface area contributed by atoms with Crippen molar-refractivity contribution in [2.24, 2.45) is 0 Å². The van der Waals surface area contributed by atoms with Gasteiger partial charge in [0, 0.05) is 37.5 Å². The van der Waals surface area contributed by atoms with E-state index >= 15 is 0 Å². The fourth-order valence-corrected chi connectivity index (χ4v) is 3.21. The quantitative estimate of drug-likeness (QED) is 0.531. The molecule has 105 valence electrons. The second-order valence-electron chi connectivity index (χ2n) is 4.41. The Kier molecular flexibility index (Phi) is 5.30. The minimum absolute atomic E-state index is 0. The third kappa shape index (κ3) is 3.09. The van der Waals surface area contributed by atoms with Crippen LogP contribution in [0.25, 0.3) is 15.4 Å². The summed E-state index contributed by atoms with van der Waals surface area (Å²) in [4.78, 5) is 1.31. The Labute approximate surface area is 136 Å². The van der Waals surface area contributed by atoms with Crippen LogP contribution in [-0.2, 0) is 26.5 Å². The number of aryl methyl sites for hydroxylation is 1. The summed E-state index contributed by atoms with van der Waals surface area (Å²) < 4.78 is 1.89. The monoisotopic (exact) mass is 460 g/mol. The molecule has 0 amide bonds. The van der Waals surface area contributed by atoms with E-state index in [1.807, 2.05) is 16.9 Å². The molecule has 0 atom stereocenters. The molecule has 0 bridgehead atoms. The van der Waals surface area contributed by atoms with Gasteiger partial charge in [-0.15, -0.1) is 4.88 Å². The molecule has 0 spiro atoms. The van der Waals surface area contributed by atoms with Crippen LogP contribution in [0.1, 0.15) is 18.9 Å². The van der Waals surface area contributed by atoms with Gasteiger partial charge in [0.1, 0.15) is 0 Å². The van der Waals surface area contributed by atoms with E-state index in [4.69, 9.17) is 0 Å². The third-order valence-electron chi connectivity index (χ3n) is 2.98. The van der Waals surface area contributed by atoms with E-state index in [-0.39, 0.29) is 20.1 Å². The van der Waals surface area contributed by atoms with Crippen LogP contribution in [0.2, 0.25) is 0 Å². The van der Waals surface area contributed by atoms with E-state index in [9.17, 15) is 0 Å². The van der Waals surface area contributed by atoms with Gasteiger partial charge in [0.2, 0.25) is 0 Å². The predicted octanol–water partition coefficient (Wildman–Crippen LogP) is 4.35. The molecule has 0 saturated heterocycles. The molecular weight excluding hydrogens is 444 g/mol. The van der Waals surface area contributed by atoms with Crippen molar-refractivity contribution in [1.82, 2.24) is 9.78 Å². The molecule has 2 aromatic heterocycles. The summed E-state index contributed by atoms with van der Waals surface area (Å²) in [5.41, 5.74) is 2.56. The first-order valence-corrected chi connectivity index (χ1v) is 7.30. The molecule has 20 heavy (non-hydrogen) atoms. The standard InChI is InChI=1S/C16H15N2S.Ir/c1-2-7-14-12-15(18-11-6-10-17-18)19-16(14)13-8-4-3-5-9-13;/h3-6,8-11H,2,7H2,1H3;/q-1;. The van der Waals surface area contributed by atoms with Crippen LogP contribution >= 0.6 is 11.3 Å². The van der Waals surface area contributed by atoms with Crippen LogP contribution < -0.4 is 0 Å². The molecule has 0 fully saturated rings. The molecule has 4 heteroatoms. The zero-order valence-corrected chi connectivity index (χ0v) is 14.4. The summed E-state index contributed by atoms with van der Waals surface area (Å²) in [6.07, 6.45) is 5.95. The van der Waals surface area contributed by atoms with E-state index in [1.165, 1.54) is 16.0 Å². The average molecular weight is 460 g/mol. The van der Waals surface area contributed by atoms with Gasteiger partial charge in [0.25, 0.3) is 0 Å². The van der Waals surface area contributed by atoms with Crippen molar-refractivity contribution in [2.75, 3.05) is 0 Å². The minimum Gasteiger partial charge on any atom is -0.251 e. The van der Waals surface area contributed by atoms with Crippen molar-refractivity contribution >= 4 is 11.3 Å². The predicted molar refractivity (Wildman–Crippen MR) is 79.7 cm³/mol. The fraction of sp³-hybridized carbons (Fsp3) is 0.188. The summed E-state index contributed by atoms with van der Waals surface area (Å²) >= 11 is 1.76. The molecule has 1 radical (unpaired) electrons. The maximum absolute atomic E-state index is 4.29. The molecule has 0 saturated carbocycles. The van der Waals surface area contributed by atoms with Crippen LogP contribution in [0.15, 0.2) is 48.8 Å². The van der Waals surface area contributed by atoms with Crippen molar-refractivity contribution in [3.05, 3.63) is 60.4 Å². The van der Waals surface area contributed by atoms with Gasteiger partial charge < -0.3 is 0 Å². The molecule has 0 aliphatic carbocycles. The van der Waals surface area contributed by atoms with Gasteiger partial charge in [-0.1, -0.05) is 55.7 Å². The Morgan fingerprint density at radius 2 is 2.00 bits per heavy atom. The first-order valence-electron chi connectivity index (χ1n) is 6.49. The smallest absolute Gasteiger partial charge is 0.0493 e. The van der Waals surface area contributed by atoms with Gasteiger partial charge in [-0.2, -0.15) is 10.7 Å². The Morgan fingerprint density at radius 1 is 1.20 bits per heavy atom. The van der Waals surface area contributed by atoms with Crippen LogP contribution in [-0.4, -0.2) is 9.78 Å². The largest absolute Gasteiger partial charge is 0.251 e. The van der Waals surface area contributed by atoms with Crippen LogP contribution in [0.3, 0.4) is 0 Å². The zero-order chi connectivity index (χ0) is 13.1. The Bertz CT molecular complexity index is 644. The topological polar surface area (TPSA) is 17.8 Å². The maximum Gasteiger partial charge on any atom is 0.0493 e. The summed E-state index contributed by atoms with van der Waals surface area (Å²) in [5, 5.41) is 5.35. The molecule has 3 rings (SSSR count). The van der Waals surface area contributed by atoms with Crippen molar-refractivity contribution in [1.29, 1.82) is 0 Å². The third-order valence-corrected chi connectivity index (χ3v) is 4.15. The Morgan fingerprint density at radius 3 is 2.65 bits per heavy atom. The maximum atomic E-state index is 4.29. The van der Waals surface area contributed by atoms with Gasteiger partial charge in [0.15, 0.2) is 0 Å². The van der Waals surface area contributed by atoms with Crippen molar-refractivity contribution in [2.45, 2.75) is 19.8 Å². The van der Waals surface area contributed by atoms with Crippen LogP contribution in [0.4, 0.5) is 0 Å². The molecule has 0 unspecified atom stereocenters. The van der Waals surface area contributed by atoms with Crippen LogP contribution in [0, 0.1) is 6.07 Å². The molecule has 0 aliphatic heterocycles. The second-order valence-corrected chi connectivity index (χ2v) is 5.41. The average Bonchev–Trinajstić information content (AvgIpc) is 3.08. The number of nitrogens with zero attached hydrogens (tertiary/aromatic N) is 2. The van der Waals surface area contributed by atoms with Gasteiger partial charge in [-0.05, 0) is 6.07 Å². The Balaban J connectivity index is 0.00000147. The SMILES string of the molecule is CCCc1[c-]c(-n2cccn2)sc1-c1ccccc1.[Ir]. The number of hydrogen-bond acceptors (Lipinski definition) is 2. The number of rotatable bonds is 4. The molecule has 0 N–H and O–H groups in total. The zero-order valence-electron chi connectivity index (χ0n) is 11.2. The first-order chi connectivity index (χ1) is 9.38. The minimum atomic E-state index is 0. The van der Waals surface area contributed by atoms with Crippen LogP contribution in [0.5, 0.6) is 0 Å². The fourth-order valence-electron chi connectivity index (χ4n) is 2.11. The summed E-state index contributed by atoms with van der Waals surface area (Å²) in [7, 11) is 0. The van der Waals surface area contributed by atoms with Crippen molar-refractivity contribution in [3.8, 4) is 15.4 Å². The van der Waals surface area contributed by atoms with E-state index in [2.05, 4.69) is 48.4 Å². The number of hydrogen-bond donors (Lipinski definition) is 0. The van der Waals surface area contributed by atoms with Crippen molar-refractivity contribution < 1.29 is 20.1 Å². The van der Waals surface area contributed by atoms with Gasteiger partial charge >= 0.3 is 0 Å². The Hall–Kier alpha value is -1.22. The van der Waals surface area contributed by atoms with E-state index in [0.717, 1.165) is 17.8 Å². The number of thiophene rings is 1. The molecule has 2 nitrogen and oxygen atoms in total. The number of aromatic nitrogens is 2.